The molecule has 4 N–H and O–H groups in total. The normalized spacial score (nSPS) is 22.0. The fraction of sp³-hybridized carbons (Fsp3) is 0.333. The Morgan fingerprint density at radius 3 is 2.14 bits per heavy atom. The molecule has 0 radical (unpaired) electrons. The van der Waals surface area contributed by atoms with E-state index in [4.69, 9.17) is 0 Å². The summed E-state index contributed by atoms with van der Waals surface area (Å²) in [6, 6.07) is 22.3. The van der Waals surface area contributed by atoms with E-state index >= 15 is 0 Å². The van der Waals surface area contributed by atoms with E-state index in [0.717, 1.165) is 26.2 Å². The highest BCUT2D eigenvalue weighted by Crippen LogP contribution is 2.35. The second-order valence-corrected chi connectivity index (χ2v) is 5.59. The van der Waals surface area contributed by atoms with Gasteiger partial charge in [-0.15, -0.1) is 0 Å². The van der Waals surface area contributed by atoms with Crippen molar-refractivity contribution in [3.63, 3.8) is 0 Å². The van der Waals surface area contributed by atoms with Gasteiger partial charge in [0, 0.05) is 19.6 Å². The Morgan fingerprint density at radius 1 is 0.955 bits per heavy atom. The van der Waals surface area contributed by atoms with Crippen molar-refractivity contribution < 1.29 is 18.1 Å². The summed E-state index contributed by atoms with van der Waals surface area (Å²) in [6.07, 6.45) is 0. The third-order valence-corrected chi connectivity index (χ3v) is 4.22. The molecule has 1 aliphatic rings. The van der Waals surface area contributed by atoms with Gasteiger partial charge in [0.15, 0.2) is 0 Å². The minimum absolute atomic E-state index is 0. The van der Waals surface area contributed by atoms with E-state index in [1.165, 1.54) is 11.1 Å². The van der Waals surface area contributed by atoms with E-state index in [0.29, 0.717) is 12.1 Å². The van der Waals surface area contributed by atoms with E-state index in [1.807, 2.05) is 0 Å². The van der Waals surface area contributed by atoms with Gasteiger partial charge in [0.05, 0.1) is 18.6 Å². The van der Waals surface area contributed by atoms with E-state index in [-0.39, 0.29) is 12.4 Å². The quantitative estimate of drug-likeness (QED) is 0.730. The molecule has 1 saturated heterocycles. The van der Waals surface area contributed by atoms with Crippen molar-refractivity contribution in [3.8, 4) is 0 Å². The first kappa shape index (κ1) is 17.0. The highest BCUT2D eigenvalue weighted by Gasteiger charge is 2.32. The van der Waals surface area contributed by atoms with Crippen LogP contribution in [0.25, 0.3) is 0 Å². The molecule has 0 aromatic heterocycles. The predicted molar refractivity (Wildman–Crippen MR) is 85.7 cm³/mol. The van der Waals surface area contributed by atoms with Crippen molar-refractivity contribution in [1.29, 1.82) is 0 Å². The van der Waals surface area contributed by atoms with Gasteiger partial charge >= 0.3 is 0 Å². The molecule has 1 fully saturated rings. The Kier molecular flexibility index (Phi) is 6.40. The fourth-order valence-corrected chi connectivity index (χ4v) is 3.29. The predicted octanol–water partition coefficient (Wildman–Crippen LogP) is -1.38. The second-order valence-electron chi connectivity index (χ2n) is 5.59. The fourth-order valence-electron chi connectivity index (χ4n) is 3.29. The molecule has 2 atom stereocenters. The summed E-state index contributed by atoms with van der Waals surface area (Å²) in [5, 5.41) is 3.71. The number of piperazine rings is 1. The average Bonchev–Trinajstić information content (AvgIpc) is 2.56. The van der Waals surface area contributed by atoms with Gasteiger partial charge in [-0.25, -0.2) is 0 Å². The Morgan fingerprint density at radius 2 is 1.55 bits per heavy atom. The van der Waals surface area contributed by atoms with E-state index < -0.39 is 0 Å². The first-order valence-electron chi connectivity index (χ1n) is 7.76. The maximum Gasteiger partial charge on any atom is 0.0869 e. The van der Waals surface area contributed by atoms with Crippen LogP contribution in [-0.4, -0.2) is 31.1 Å². The summed E-state index contributed by atoms with van der Waals surface area (Å²) in [5.41, 5.74) is 6.79. The summed E-state index contributed by atoms with van der Waals surface area (Å²) in [7, 11) is 0. The number of nitrogens with zero attached hydrogens (tertiary/aromatic N) is 1. The first-order valence-corrected chi connectivity index (χ1v) is 7.76. The zero-order valence-electron chi connectivity index (χ0n) is 12.8. The van der Waals surface area contributed by atoms with Gasteiger partial charge in [-0.3, -0.25) is 4.90 Å². The average molecular weight is 318 g/mol. The lowest BCUT2D eigenvalue weighted by Crippen LogP contribution is -3.00. The summed E-state index contributed by atoms with van der Waals surface area (Å²) < 4.78 is 0. The SMILES string of the molecule is [Cl-].[NH3+]CCN1CCN[C@H](c2ccccc2)[C@H]1c1ccccc1. The molecule has 1 heterocycles. The zero-order valence-corrected chi connectivity index (χ0v) is 13.5. The highest BCUT2D eigenvalue weighted by molar-refractivity contribution is 5.28. The van der Waals surface area contributed by atoms with Gasteiger partial charge in [0.1, 0.15) is 0 Å². The van der Waals surface area contributed by atoms with Crippen LogP contribution in [0.2, 0.25) is 0 Å². The molecule has 22 heavy (non-hydrogen) atoms. The number of benzene rings is 2. The van der Waals surface area contributed by atoms with Crippen LogP contribution in [0.1, 0.15) is 23.2 Å². The summed E-state index contributed by atoms with van der Waals surface area (Å²) in [6.45, 7) is 4.11. The number of rotatable bonds is 4. The van der Waals surface area contributed by atoms with E-state index in [1.54, 1.807) is 0 Å². The van der Waals surface area contributed by atoms with Gasteiger partial charge in [0.2, 0.25) is 0 Å². The molecule has 3 nitrogen and oxygen atoms in total. The van der Waals surface area contributed by atoms with Crippen molar-refractivity contribution in [3.05, 3.63) is 71.8 Å². The highest BCUT2D eigenvalue weighted by atomic mass is 35.5. The monoisotopic (exact) mass is 317 g/mol. The second kappa shape index (κ2) is 8.30. The van der Waals surface area contributed by atoms with Gasteiger partial charge in [-0.05, 0) is 11.1 Å². The standard InChI is InChI=1S/C18H23N3.ClH/c19-11-13-21-14-12-20-17(15-7-3-1-4-8-15)18(21)16-9-5-2-6-10-16;/h1-10,17-18,20H,11-14,19H2;1H/t17-,18-;/m1./s1. The van der Waals surface area contributed by atoms with Crippen LogP contribution in [-0.2, 0) is 0 Å². The Balaban J connectivity index is 0.00000176. The Bertz CT molecular complexity index is 545. The lowest BCUT2D eigenvalue weighted by atomic mass is 9.90. The van der Waals surface area contributed by atoms with Crippen LogP contribution in [0.4, 0.5) is 0 Å². The number of halogens is 1. The number of nitrogens with one attached hydrogen (secondary N) is 1. The maximum atomic E-state index is 4.04. The zero-order chi connectivity index (χ0) is 14.5. The minimum atomic E-state index is 0. The maximum absolute atomic E-state index is 4.04. The first-order chi connectivity index (χ1) is 10.4. The molecule has 2 aromatic carbocycles. The van der Waals surface area contributed by atoms with Crippen LogP contribution in [0.15, 0.2) is 60.7 Å². The largest absolute Gasteiger partial charge is 1.00 e. The molecule has 0 aliphatic carbocycles. The van der Waals surface area contributed by atoms with Gasteiger partial charge in [-0.1, -0.05) is 60.7 Å². The molecule has 0 unspecified atom stereocenters. The molecule has 1 aliphatic heterocycles. The van der Waals surface area contributed by atoms with Gasteiger partial charge < -0.3 is 23.5 Å². The molecule has 0 spiro atoms. The molecule has 2 aromatic rings. The summed E-state index contributed by atoms with van der Waals surface area (Å²) in [5.74, 6) is 0. The van der Waals surface area contributed by atoms with Crippen molar-refractivity contribution >= 4 is 0 Å². The number of quaternary nitrogens is 1. The van der Waals surface area contributed by atoms with E-state index in [9.17, 15) is 0 Å². The van der Waals surface area contributed by atoms with Gasteiger partial charge in [-0.2, -0.15) is 0 Å². The topological polar surface area (TPSA) is 42.9 Å². The van der Waals surface area contributed by atoms with Crippen molar-refractivity contribution in [2.75, 3.05) is 26.2 Å². The molecule has 118 valence electrons. The Labute approximate surface area is 138 Å². The lowest BCUT2D eigenvalue weighted by Gasteiger charge is -2.42. The summed E-state index contributed by atoms with van der Waals surface area (Å²) in [4.78, 5) is 2.57. The van der Waals surface area contributed by atoms with Crippen molar-refractivity contribution in [2.24, 2.45) is 0 Å². The molecule has 0 amide bonds. The van der Waals surface area contributed by atoms with Crippen LogP contribution < -0.4 is 23.5 Å². The Hall–Kier alpha value is -1.39. The van der Waals surface area contributed by atoms with Gasteiger partial charge in [0.25, 0.3) is 0 Å². The molecule has 0 saturated carbocycles. The lowest BCUT2D eigenvalue weighted by molar-refractivity contribution is -0.369. The minimum Gasteiger partial charge on any atom is -1.00 e. The molecular weight excluding hydrogens is 294 g/mol. The van der Waals surface area contributed by atoms with Crippen LogP contribution in [0.3, 0.4) is 0 Å². The third kappa shape index (κ3) is 3.68. The van der Waals surface area contributed by atoms with Crippen LogP contribution in [0.5, 0.6) is 0 Å². The summed E-state index contributed by atoms with van der Waals surface area (Å²) >= 11 is 0. The van der Waals surface area contributed by atoms with Crippen LogP contribution >= 0.6 is 0 Å². The third-order valence-electron chi connectivity index (χ3n) is 4.22. The molecule has 3 rings (SSSR count). The van der Waals surface area contributed by atoms with Crippen LogP contribution in [0, 0.1) is 0 Å². The van der Waals surface area contributed by atoms with E-state index in [2.05, 4.69) is 76.6 Å². The number of hydrogen-bond donors (Lipinski definition) is 2. The van der Waals surface area contributed by atoms with Crippen molar-refractivity contribution in [2.45, 2.75) is 12.1 Å². The number of hydrogen-bond acceptors (Lipinski definition) is 2. The molecule has 0 bridgehead atoms. The smallest absolute Gasteiger partial charge is 0.0869 e. The molecular formula is C18H24ClN3. The molecule has 4 heteroatoms. The van der Waals surface area contributed by atoms with Crippen molar-refractivity contribution in [1.82, 2.24) is 10.2 Å².